The maximum atomic E-state index is 10.6. The summed E-state index contributed by atoms with van der Waals surface area (Å²) in [6.45, 7) is 1.83. The molecule has 1 rings (SSSR count). The van der Waals surface area contributed by atoms with E-state index in [4.69, 9.17) is 5.73 Å². The standard InChI is InChI=1S/C8H12N2O/c1-6(8(9)11)4-7-2-3-10-5-7/h3,5-6H,2,4H2,1H3,(H2,9,11). The fourth-order valence-corrected chi connectivity index (χ4v) is 1.01. The van der Waals surface area contributed by atoms with Crippen LogP contribution >= 0.6 is 0 Å². The minimum absolute atomic E-state index is 0.0667. The molecule has 1 atom stereocenters. The van der Waals surface area contributed by atoms with Crippen LogP contribution in [-0.4, -0.2) is 12.1 Å². The number of hydrogen-bond donors (Lipinski definition) is 1. The molecule has 3 nitrogen and oxygen atoms in total. The van der Waals surface area contributed by atoms with Gasteiger partial charge in [0.05, 0.1) is 0 Å². The summed E-state index contributed by atoms with van der Waals surface area (Å²) < 4.78 is 0. The zero-order valence-electron chi connectivity index (χ0n) is 6.58. The van der Waals surface area contributed by atoms with Crippen molar-refractivity contribution >= 4 is 12.1 Å². The number of rotatable bonds is 3. The van der Waals surface area contributed by atoms with Gasteiger partial charge in [0.1, 0.15) is 0 Å². The van der Waals surface area contributed by atoms with Crippen LogP contribution in [0.3, 0.4) is 0 Å². The van der Waals surface area contributed by atoms with Crippen molar-refractivity contribution in [3.8, 4) is 0 Å². The summed E-state index contributed by atoms with van der Waals surface area (Å²) in [5.74, 6) is -0.305. The van der Waals surface area contributed by atoms with E-state index in [2.05, 4.69) is 4.99 Å². The van der Waals surface area contributed by atoms with Crippen LogP contribution in [0.1, 0.15) is 19.8 Å². The molecule has 0 aromatic heterocycles. The Morgan fingerprint density at radius 3 is 3.09 bits per heavy atom. The zero-order chi connectivity index (χ0) is 8.27. The molecule has 0 saturated heterocycles. The van der Waals surface area contributed by atoms with Crippen LogP contribution in [-0.2, 0) is 4.79 Å². The van der Waals surface area contributed by atoms with Gasteiger partial charge in [0.15, 0.2) is 0 Å². The van der Waals surface area contributed by atoms with Crippen LogP contribution in [0.2, 0.25) is 0 Å². The first-order valence-corrected chi connectivity index (χ1v) is 3.69. The summed E-state index contributed by atoms with van der Waals surface area (Å²) in [7, 11) is 0. The largest absolute Gasteiger partial charge is 0.369 e. The van der Waals surface area contributed by atoms with Gasteiger partial charge in [-0.1, -0.05) is 6.92 Å². The SMILES string of the molecule is CC(CC1=CN=CC1)C(N)=O. The van der Waals surface area contributed by atoms with Crippen molar-refractivity contribution in [2.75, 3.05) is 0 Å². The lowest BCUT2D eigenvalue weighted by atomic mass is 10.0. The molecule has 1 amide bonds. The van der Waals surface area contributed by atoms with Gasteiger partial charge in [-0.25, -0.2) is 0 Å². The van der Waals surface area contributed by atoms with E-state index in [0.717, 1.165) is 12.8 Å². The molecule has 1 heterocycles. The number of primary amides is 1. The van der Waals surface area contributed by atoms with Gasteiger partial charge in [0, 0.05) is 24.8 Å². The van der Waals surface area contributed by atoms with Gasteiger partial charge in [0.2, 0.25) is 5.91 Å². The molecule has 11 heavy (non-hydrogen) atoms. The van der Waals surface area contributed by atoms with Gasteiger partial charge >= 0.3 is 0 Å². The molecule has 0 fully saturated rings. The highest BCUT2D eigenvalue weighted by Gasteiger charge is 2.11. The predicted molar refractivity (Wildman–Crippen MR) is 44.2 cm³/mol. The molecule has 0 spiro atoms. The van der Waals surface area contributed by atoms with E-state index in [0.29, 0.717) is 0 Å². The van der Waals surface area contributed by atoms with Gasteiger partial charge in [0.25, 0.3) is 0 Å². The summed E-state index contributed by atoms with van der Waals surface area (Å²) in [5.41, 5.74) is 6.30. The minimum Gasteiger partial charge on any atom is -0.369 e. The van der Waals surface area contributed by atoms with Crippen molar-refractivity contribution in [2.24, 2.45) is 16.6 Å². The second kappa shape index (κ2) is 3.32. The molecule has 2 N–H and O–H groups in total. The van der Waals surface area contributed by atoms with Gasteiger partial charge in [-0.3, -0.25) is 9.79 Å². The minimum atomic E-state index is -0.238. The monoisotopic (exact) mass is 152 g/mol. The normalized spacial score (nSPS) is 18.1. The lowest BCUT2D eigenvalue weighted by Gasteiger charge is -2.05. The highest BCUT2D eigenvalue weighted by molar-refractivity contribution is 5.77. The van der Waals surface area contributed by atoms with Gasteiger partial charge in [-0.15, -0.1) is 0 Å². The maximum absolute atomic E-state index is 10.6. The lowest BCUT2D eigenvalue weighted by Crippen LogP contribution is -2.20. The Kier molecular flexibility index (Phi) is 2.41. The number of amides is 1. The first-order chi connectivity index (χ1) is 5.20. The van der Waals surface area contributed by atoms with Crippen molar-refractivity contribution < 1.29 is 4.79 Å². The van der Waals surface area contributed by atoms with Crippen molar-refractivity contribution in [3.05, 3.63) is 11.8 Å². The van der Waals surface area contributed by atoms with E-state index in [1.54, 1.807) is 6.20 Å². The number of allylic oxidation sites excluding steroid dienone is 1. The van der Waals surface area contributed by atoms with Crippen LogP contribution < -0.4 is 5.73 Å². The maximum Gasteiger partial charge on any atom is 0.220 e. The molecule has 3 heteroatoms. The smallest absolute Gasteiger partial charge is 0.220 e. The van der Waals surface area contributed by atoms with E-state index < -0.39 is 0 Å². The van der Waals surface area contributed by atoms with E-state index in [1.165, 1.54) is 5.57 Å². The summed E-state index contributed by atoms with van der Waals surface area (Å²) >= 11 is 0. The Hall–Kier alpha value is -1.12. The molecule has 0 bridgehead atoms. The molecular formula is C8H12N2O. The Morgan fingerprint density at radius 1 is 1.91 bits per heavy atom. The summed E-state index contributed by atoms with van der Waals surface area (Å²) in [6.07, 6.45) is 5.26. The van der Waals surface area contributed by atoms with Crippen molar-refractivity contribution in [1.82, 2.24) is 0 Å². The summed E-state index contributed by atoms with van der Waals surface area (Å²) in [6, 6.07) is 0. The quantitative estimate of drug-likeness (QED) is 0.640. The number of hydrogen-bond acceptors (Lipinski definition) is 2. The molecule has 0 aromatic rings. The van der Waals surface area contributed by atoms with Crippen molar-refractivity contribution in [1.29, 1.82) is 0 Å². The fraction of sp³-hybridized carbons (Fsp3) is 0.500. The molecule has 0 saturated carbocycles. The molecule has 60 valence electrons. The van der Waals surface area contributed by atoms with E-state index >= 15 is 0 Å². The van der Waals surface area contributed by atoms with Crippen molar-refractivity contribution in [3.63, 3.8) is 0 Å². The number of aliphatic imine (C=N–C) groups is 1. The number of carbonyl (C=O) groups excluding carboxylic acids is 1. The van der Waals surface area contributed by atoms with E-state index in [9.17, 15) is 4.79 Å². The number of carbonyl (C=O) groups is 1. The van der Waals surface area contributed by atoms with Crippen molar-refractivity contribution in [2.45, 2.75) is 19.8 Å². The van der Waals surface area contributed by atoms with Crippen LogP contribution in [0.15, 0.2) is 16.8 Å². The Balaban J connectivity index is 2.37. The van der Waals surface area contributed by atoms with Gasteiger partial charge in [-0.05, 0) is 12.0 Å². The molecule has 0 aliphatic carbocycles. The first kappa shape index (κ1) is 7.98. The molecular weight excluding hydrogens is 140 g/mol. The van der Waals surface area contributed by atoms with Gasteiger partial charge < -0.3 is 5.73 Å². The average Bonchev–Trinajstić information content (AvgIpc) is 2.39. The van der Waals surface area contributed by atoms with Crippen LogP contribution in [0.5, 0.6) is 0 Å². The summed E-state index contributed by atoms with van der Waals surface area (Å²) in [4.78, 5) is 14.6. The third-order valence-electron chi connectivity index (χ3n) is 1.77. The fourth-order valence-electron chi connectivity index (χ4n) is 1.01. The van der Waals surface area contributed by atoms with E-state index in [-0.39, 0.29) is 11.8 Å². The Morgan fingerprint density at radius 2 is 2.64 bits per heavy atom. The lowest BCUT2D eigenvalue weighted by molar-refractivity contribution is -0.121. The Bertz CT molecular complexity index is 218. The van der Waals surface area contributed by atoms with Crippen LogP contribution in [0.25, 0.3) is 0 Å². The molecule has 1 aliphatic heterocycles. The van der Waals surface area contributed by atoms with Crippen LogP contribution in [0.4, 0.5) is 0 Å². The third kappa shape index (κ3) is 2.18. The molecule has 1 aliphatic rings. The number of nitrogens with zero attached hydrogens (tertiary/aromatic N) is 1. The molecule has 0 aromatic carbocycles. The van der Waals surface area contributed by atoms with Gasteiger partial charge in [-0.2, -0.15) is 0 Å². The molecule has 1 unspecified atom stereocenters. The summed E-state index contributed by atoms with van der Waals surface area (Å²) in [5, 5.41) is 0. The Labute approximate surface area is 66.0 Å². The molecule has 0 radical (unpaired) electrons. The predicted octanol–water partition coefficient (Wildman–Crippen LogP) is 0.856. The first-order valence-electron chi connectivity index (χ1n) is 3.69. The highest BCUT2D eigenvalue weighted by atomic mass is 16.1. The number of nitrogens with two attached hydrogens (primary N) is 1. The second-order valence-electron chi connectivity index (χ2n) is 2.83. The average molecular weight is 152 g/mol. The second-order valence-corrected chi connectivity index (χ2v) is 2.83. The van der Waals surface area contributed by atoms with Crippen LogP contribution in [0, 0.1) is 5.92 Å². The topological polar surface area (TPSA) is 55.4 Å². The highest BCUT2D eigenvalue weighted by Crippen LogP contribution is 2.16. The third-order valence-corrected chi connectivity index (χ3v) is 1.77. The zero-order valence-corrected chi connectivity index (χ0v) is 6.58. The van der Waals surface area contributed by atoms with E-state index in [1.807, 2.05) is 13.1 Å².